The molecule has 0 spiro atoms. The van der Waals surface area contributed by atoms with Crippen molar-refractivity contribution in [3.8, 4) is 0 Å². The molecule has 8 nitrogen and oxygen atoms in total. The smallest absolute Gasteiger partial charge is 0.313 e. The molecule has 0 saturated carbocycles. The van der Waals surface area contributed by atoms with Crippen LogP contribution in [0.1, 0.15) is 30.3 Å². The van der Waals surface area contributed by atoms with Crippen molar-refractivity contribution in [3.63, 3.8) is 0 Å². The van der Waals surface area contributed by atoms with E-state index in [0.29, 0.717) is 31.7 Å². The fraction of sp³-hybridized carbons (Fsp3) is 0.529. The van der Waals surface area contributed by atoms with Crippen LogP contribution in [0.25, 0.3) is 0 Å². The number of nitrogens with zero attached hydrogens (tertiary/aromatic N) is 2. The number of methoxy groups -OCH3 is 2. The van der Waals surface area contributed by atoms with Gasteiger partial charge in [0, 0.05) is 39.9 Å². The fourth-order valence-electron chi connectivity index (χ4n) is 3.05. The van der Waals surface area contributed by atoms with E-state index >= 15 is 0 Å². The zero-order chi connectivity index (χ0) is 18.4. The number of hydrogen-bond acceptors (Lipinski definition) is 6. The number of rotatable bonds is 6. The number of ether oxygens (including phenoxy) is 2. The average Bonchev–Trinajstić information content (AvgIpc) is 3.04. The van der Waals surface area contributed by atoms with Gasteiger partial charge in [-0.15, -0.1) is 0 Å². The van der Waals surface area contributed by atoms with E-state index < -0.39 is 5.41 Å². The van der Waals surface area contributed by atoms with E-state index in [-0.39, 0.29) is 30.0 Å². The molecule has 1 unspecified atom stereocenters. The summed E-state index contributed by atoms with van der Waals surface area (Å²) in [7, 11) is 2.91. The summed E-state index contributed by atoms with van der Waals surface area (Å²) in [6.07, 6.45) is 2.46. The summed E-state index contributed by atoms with van der Waals surface area (Å²) in [5.41, 5.74) is -0.263. The number of nitrogens with one attached hydrogen (secondary N) is 1. The predicted molar refractivity (Wildman–Crippen MR) is 90.0 cm³/mol. The molecule has 1 aliphatic heterocycles. The minimum Gasteiger partial charge on any atom is -0.469 e. The second kappa shape index (κ2) is 8.06. The van der Waals surface area contributed by atoms with Crippen molar-refractivity contribution in [1.82, 2.24) is 9.88 Å². The third-order valence-electron chi connectivity index (χ3n) is 4.37. The average molecular weight is 349 g/mol. The van der Waals surface area contributed by atoms with Gasteiger partial charge in [-0.3, -0.25) is 14.4 Å². The predicted octanol–water partition coefficient (Wildman–Crippen LogP) is 1.08. The largest absolute Gasteiger partial charge is 0.469 e. The van der Waals surface area contributed by atoms with Crippen molar-refractivity contribution in [2.24, 2.45) is 5.41 Å². The SMILES string of the molecule is COCCC1(C(=O)OC)CCN(C(=O)c2ncccc2NC(C)=O)C1. The summed E-state index contributed by atoms with van der Waals surface area (Å²) in [5, 5.41) is 2.61. The molecule has 2 rings (SSSR count). The summed E-state index contributed by atoms with van der Waals surface area (Å²) in [5.74, 6) is -0.956. The Morgan fingerprint density at radius 3 is 2.76 bits per heavy atom. The van der Waals surface area contributed by atoms with E-state index in [2.05, 4.69) is 10.3 Å². The first-order valence-corrected chi connectivity index (χ1v) is 8.03. The Balaban J connectivity index is 2.21. The molecule has 0 aliphatic carbocycles. The lowest BCUT2D eigenvalue weighted by Crippen LogP contribution is -2.39. The van der Waals surface area contributed by atoms with E-state index in [0.717, 1.165) is 0 Å². The van der Waals surface area contributed by atoms with E-state index in [9.17, 15) is 14.4 Å². The van der Waals surface area contributed by atoms with E-state index in [1.807, 2.05) is 0 Å². The molecule has 136 valence electrons. The van der Waals surface area contributed by atoms with Gasteiger partial charge in [0.1, 0.15) is 0 Å². The number of likely N-dealkylation sites (tertiary alicyclic amines) is 1. The van der Waals surface area contributed by atoms with Crippen molar-refractivity contribution < 1.29 is 23.9 Å². The quantitative estimate of drug-likeness (QED) is 0.772. The monoisotopic (exact) mass is 349 g/mol. The third kappa shape index (κ3) is 4.14. The molecule has 0 aromatic carbocycles. The van der Waals surface area contributed by atoms with Gasteiger partial charge in [0.25, 0.3) is 5.91 Å². The number of aromatic nitrogens is 1. The number of carbonyl (C=O) groups excluding carboxylic acids is 3. The van der Waals surface area contributed by atoms with Crippen molar-refractivity contribution in [1.29, 1.82) is 0 Å². The molecular formula is C17H23N3O5. The standard InChI is InChI=1S/C17H23N3O5/c1-12(21)19-13-5-4-8-18-14(13)15(22)20-9-6-17(11-20,7-10-24-2)16(23)25-3/h4-5,8H,6-7,9-11H2,1-3H3,(H,19,21). The van der Waals surface area contributed by atoms with Crippen LogP contribution in [0.15, 0.2) is 18.3 Å². The lowest BCUT2D eigenvalue weighted by molar-refractivity contribution is -0.153. The zero-order valence-electron chi connectivity index (χ0n) is 14.7. The summed E-state index contributed by atoms with van der Waals surface area (Å²) < 4.78 is 10.0. The molecule has 1 atom stereocenters. The maximum Gasteiger partial charge on any atom is 0.313 e. The molecule has 1 N–H and O–H groups in total. The van der Waals surface area contributed by atoms with Crippen LogP contribution in [0, 0.1) is 5.41 Å². The Labute approximate surface area is 146 Å². The molecule has 25 heavy (non-hydrogen) atoms. The maximum atomic E-state index is 12.9. The topological polar surface area (TPSA) is 97.8 Å². The van der Waals surface area contributed by atoms with Crippen molar-refractivity contribution in [3.05, 3.63) is 24.0 Å². The van der Waals surface area contributed by atoms with Gasteiger partial charge in [-0.2, -0.15) is 0 Å². The highest BCUT2D eigenvalue weighted by Gasteiger charge is 2.47. The molecular weight excluding hydrogens is 326 g/mol. The first-order chi connectivity index (χ1) is 11.9. The Morgan fingerprint density at radius 2 is 2.12 bits per heavy atom. The summed E-state index contributed by atoms with van der Waals surface area (Å²) >= 11 is 0. The maximum absolute atomic E-state index is 12.9. The van der Waals surface area contributed by atoms with Crippen LogP contribution in [-0.4, -0.2) is 61.6 Å². The van der Waals surface area contributed by atoms with Crippen LogP contribution in [0.3, 0.4) is 0 Å². The van der Waals surface area contributed by atoms with Gasteiger partial charge >= 0.3 is 5.97 Å². The minimum absolute atomic E-state index is 0.158. The van der Waals surface area contributed by atoms with Crippen LogP contribution in [0.5, 0.6) is 0 Å². The number of hydrogen-bond donors (Lipinski definition) is 1. The lowest BCUT2D eigenvalue weighted by Gasteiger charge is -2.26. The minimum atomic E-state index is -0.774. The van der Waals surface area contributed by atoms with Crippen molar-refractivity contribution in [2.75, 3.05) is 39.2 Å². The first-order valence-electron chi connectivity index (χ1n) is 8.03. The second-order valence-electron chi connectivity index (χ2n) is 6.07. The first kappa shape index (κ1) is 18.9. The van der Waals surface area contributed by atoms with Gasteiger partial charge in [0.05, 0.1) is 18.2 Å². The van der Waals surface area contributed by atoms with Crippen LogP contribution in [0.4, 0.5) is 5.69 Å². The highest BCUT2D eigenvalue weighted by Crippen LogP contribution is 2.36. The van der Waals surface area contributed by atoms with Crippen LogP contribution in [-0.2, 0) is 19.1 Å². The molecule has 1 aromatic heterocycles. The Bertz CT molecular complexity index is 663. The molecule has 0 bridgehead atoms. The number of esters is 1. The van der Waals surface area contributed by atoms with Gasteiger partial charge in [-0.05, 0) is 25.0 Å². The number of anilines is 1. The van der Waals surface area contributed by atoms with Crippen LogP contribution < -0.4 is 5.32 Å². The molecule has 1 aromatic rings. The van der Waals surface area contributed by atoms with Crippen molar-refractivity contribution in [2.45, 2.75) is 19.8 Å². The molecule has 2 heterocycles. The summed E-state index contributed by atoms with van der Waals surface area (Å²) in [4.78, 5) is 42.1. The number of amides is 2. The fourth-order valence-corrected chi connectivity index (χ4v) is 3.05. The Hall–Kier alpha value is -2.48. The van der Waals surface area contributed by atoms with Gasteiger partial charge < -0.3 is 19.7 Å². The Morgan fingerprint density at radius 1 is 1.36 bits per heavy atom. The number of pyridine rings is 1. The Kier molecular flexibility index (Phi) is 6.08. The third-order valence-corrected chi connectivity index (χ3v) is 4.37. The normalized spacial score (nSPS) is 19.6. The number of carbonyl (C=O) groups is 3. The van der Waals surface area contributed by atoms with Gasteiger partial charge in [-0.25, -0.2) is 4.98 Å². The van der Waals surface area contributed by atoms with Crippen LogP contribution >= 0.6 is 0 Å². The van der Waals surface area contributed by atoms with Gasteiger partial charge in [-0.1, -0.05) is 0 Å². The molecule has 1 fully saturated rings. The van der Waals surface area contributed by atoms with E-state index in [4.69, 9.17) is 9.47 Å². The summed E-state index contributed by atoms with van der Waals surface area (Å²) in [6, 6.07) is 3.26. The van der Waals surface area contributed by atoms with E-state index in [1.165, 1.54) is 20.2 Å². The molecule has 2 amide bonds. The van der Waals surface area contributed by atoms with Crippen molar-refractivity contribution >= 4 is 23.5 Å². The van der Waals surface area contributed by atoms with Gasteiger partial charge in [0.2, 0.25) is 5.91 Å². The highest BCUT2D eigenvalue weighted by molar-refractivity contribution is 6.02. The van der Waals surface area contributed by atoms with E-state index in [1.54, 1.807) is 24.1 Å². The highest BCUT2D eigenvalue weighted by atomic mass is 16.5. The molecule has 8 heteroatoms. The zero-order valence-corrected chi connectivity index (χ0v) is 14.7. The second-order valence-corrected chi connectivity index (χ2v) is 6.07. The molecule has 0 radical (unpaired) electrons. The molecule has 1 aliphatic rings. The van der Waals surface area contributed by atoms with Gasteiger partial charge in [0.15, 0.2) is 5.69 Å². The van der Waals surface area contributed by atoms with Crippen LogP contribution in [0.2, 0.25) is 0 Å². The lowest BCUT2D eigenvalue weighted by atomic mass is 9.84. The summed E-state index contributed by atoms with van der Waals surface area (Å²) in [6.45, 7) is 2.41. The molecule has 1 saturated heterocycles.